The first-order valence-corrected chi connectivity index (χ1v) is 5.43. The molecule has 0 saturated carbocycles. The van der Waals surface area contributed by atoms with Crippen LogP contribution in [0.1, 0.15) is 5.56 Å². The molecule has 0 aliphatic heterocycles. The van der Waals surface area contributed by atoms with Crippen molar-refractivity contribution in [2.24, 2.45) is 0 Å². The monoisotopic (exact) mass is 228 g/mol. The number of hydrogen-bond acceptors (Lipinski definition) is 3. The molecule has 4 N–H and O–H groups in total. The van der Waals surface area contributed by atoms with Gasteiger partial charge in [-0.25, -0.2) is 0 Å². The van der Waals surface area contributed by atoms with Gasteiger partial charge in [0.1, 0.15) is 5.75 Å². The van der Waals surface area contributed by atoms with Crippen molar-refractivity contribution in [2.45, 2.75) is 6.92 Å². The molecule has 0 atom stereocenters. The van der Waals surface area contributed by atoms with Crippen LogP contribution >= 0.6 is 0 Å². The van der Waals surface area contributed by atoms with Crippen LogP contribution in [0.4, 0.5) is 11.4 Å². The number of nitrogens with two attached hydrogens (primary N) is 2. The van der Waals surface area contributed by atoms with E-state index in [1.54, 1.807) is 7.11 Å². The lowest BCUT2D eigenvalue weighted by atomic mass is 9.99. The van der Waals surface area contributed by atoms with Crippen LogP contribution in [0.5, 0.6) is 5.75 Å². The second kappa shape index (κ2) is 4.37. The molecule has 0 spiro atoms. The smallest absolute Gasteiger partial charge is 0.142 e. The predicted molar refractivity (Wildman–Crippen MR) is 72.0 cm³/mol. The van der Waals surface area contributed by atoms with Crippen molar-refractivity contribution in [3.05, 3.63) is 42.0 Å². The Kier molecular flexibility index (Phi) is 2.91. The van der Waals surface area contributed by atoms with Gasteiger partial charge in [0.05, 0.1) is 12.8 Å². The number of rotatable bonds is 2. The van der Waals surface area contributed by atoms with Crippen LogP contribution in [0.15, 0.2) is 36.4 Å². The first kappa shape index (κ1) is 11.3. The first-order chi connectivity index (χ1) is 8.15. The fourth-order valence-electron chi connectivity index (χ4n) is 1.87. The van der Waals surface area contributed by atoms with Crippen molar-refractivity contribution in [2.75, 3.05) is 18.6 Å². The van der Waals surface area contributed by atoms with Gasteiger partial charge in [-0.2, -0.15) is 0 Å². The topological polar surface area (TPSA) is 61.3 Å². The second-order valence-electron chi connectivity index (χ2n) is 3.96. The maximum Gasteiger partial charge on any atom is 0.142 e. The van der Waals surface area contributed by atoms with Crippen molar-refractivity contribution in [3.8, 4) is 16.9 Å². The Labute approximate surface area is 101 Å². The average Bonchev–Trinajstić information content (AvgIpc) is 2.33. The van der Waals surface area contributed by atoms with Gasteiger partial charge in [-0.1, -0.05) is 30.3 Å². The zero-order valence-electron chi connectivity index (χ0n) is 10.0. The molecule has 0 unspecified atom stereocenters. The molecule has 2 aromatic carbocycles. The zero-order chi connectivity index (χ0) is 12.4. The molecule has 3 heteroatoms. The standard InChI is InChI=1S/C14H16N2O/c1-9-5-3-6-10(13(9)15)11-7-4-8-12(17-2)14(11)16/h3-8H,15-16H2,1-2H3. The van der Waals surface area contributed by atoms with E-state index < -0.39 is 0 Å². The number of hydrogen-bond donors (Lipinski definition) is 2. The molecule has 0 heterocycles. The minimum atomic E-state index is 0.618. The van der Waals surface area contributed by atoms with Gasteiger partial charge in [0, 0.05) is 16.8 Å². The lowest BCUT2D eigenvalue weighted by Crippen LogP contribution is -1.98. The summed E-state index contributed by atoms with van der Waals surface area (Å²) in [5, 5.41) is 0. The highest BCUT2D eigenvalue weighted by Crippen LogP contribution is 2.36. The summed E-state index contributed by atoms with van der Waals surface area (Å²) in [6.07, 6.45) is 0. The molecular weight excluding hydrogens is 212 g/mol. The Morgan fingerprint density at radius 3 is 2.12 bits per heavy atom. The van der Waals surface area contributed by atoms with Gasteiger partial charge in [0.15, 0.2) is 0 Å². The van der Waals surface area contributed by atoms with Crippen LogP contribution < -0.4 is 16.2 Å². The van der Waals surface area contributed by atoms with E-state index in [9.17, 15) is 0 Å². The van der Waals surface area contributed by atoms with Crippen molar-refractivity contribution in [3.63, 3.8) is 0 Å². The minimum absolute atomic E-state index is 0.618. The molecule has 3 nitrogen and oxygen atoms in total. The molecular formula is C14H16N2O. The van der Waals surface area contributed by atoms with Crippen LogP contribution in [0.2, 0.25) is 0 Å². The normalized spacial score (nSPS) is 10.2. The van der Waals surface area contributed by atoms with Gasteiger partial charge in [0.25, 0.3) is 0 Å². The minimum Gasteiger partial charge on any atom is -0.495 e. The van der Waals surface area contributed by atoms with Crippen LogP contribution in [0.3, 0.4) is 0 Å². The summed E-state index contributed by atoms with van der Waals surface area (Å²) in [7, 11) is 1.61. The fourth-order valence-corrected chi connectivity index (χ4v) is 1.87. The van der Waals surface area contributed by atoms with Gasteiger partial charge in [-0.05, 0) is 18.6 Å². The number of methoxy groups -OCH3 is 1. The van der Waals surface area contributed by atoms with Gasteiger partial charge >= 0.3 is 0 Å². The summed E-state index contributed by atoms with van der Waals surface area (Å²) in [4.78, 5) is 0. The molecule has 88 valence electrons. The molecule has 0 aliphatic rings. The third-order valence-electron chi connectivity index (χ3n) is 2.90. The molecule has 0 bridgehead atoms. The van der Waals surface area contributed by atoms with E-state index in [4.69, 9.17) is 16.2 Å². The van der Waals surface area contributed by atoms with Crippen molar-refractivity contribution in [1.82, 2.24) is 0 Å². The van der Waals surface area contributed by atoms with Crippen LogP contribution in [-0.2, 0) is 0 Å². The number of nitrogen functional groups attached to an aromatic ring is 2. The zero-order valence-corrected chi connectivity index (χ0v) is 10.0. The SMILES string of the molecule is COc1cccc(-c2cccc(C)c2N)c1N. The Morgan fingerprint density at radius 2 is 1.47 bits per heavy atom. The quantitative estimate of drug-likeness (QED) is 0.777. The van der Waals surface area contributed by atoms with Crippen molar-refractivity contribution in [1.29, 1.82) is 0 Å². The summed E-state index contributed by atoms with van der Waals surface area (Å²) in [5.74, 6) is 0.670. The molecule has 0 fully saturated rings. The highest BCUT2D eigenvalue weighted by atomic mass is 16.5. The number of para-hydroxylation sites is 2. The first-order valence-electron chi connectivity index (χ1n) is 5.43. The van der Waals surface area contributed by atoms with E-state index >= 15 is 0 Å². The average molecular weight is 228 g/mol. The van der Waals surface area contributed by atoms with E-state index in [2.05, 4.69) is 0 Å². The Bertz CT molecular complexity index is 550. The maximum atomic E-state index is 6.08. The molecule has 0 aromatic heterocycles. The molecule has 2 rings (SSSR count). The molecule has 0 amide bonds. The summed E-state index contributed by atoms with van der Waals surface area (Å²) in [6, 6.07) is 11.6. The summed E-state index contributed by atoms with van der Waals surface area (Å²) in [6.45, 7) is 1.98. The number of benzene rings is 2. The summed E-state index contributed by atoms with van der Waals surface area (Å²) >= 11 is 0. The van der Waals surface area contributed by atoms with Gasteiger partial charge in [-0.15, -0.1) is 0 Å². The molecule has 0 radical (unpaired) electrons. The number of ether oxygens (including phenoxy) is 1. The second-order valence-corrected chi connectivity index (χ2v) is 3.96. The predicted octanol–water partition coefficient (Wildman–Crippen LogP) is 2.84. The van der Waals surface area contributed by atoms with E-state index in [0.717, 1.165) is 22.4 Å². The van der Waals surface area contributed by atoms with Crippen LogP contribution in [0, 0.1) is 6.92 Å². The largest absolute Gasteiger partial charge is 0.495 e. The van der Waals surface area contributed by atoms with Crippen molar-refractivity contribution < 1.29 is 4.74 Å². The van der Waals surface area contributed by atoms with Gasteiger partial charge in [-0.3, -0.25) is 0 Å². The van der Waals surface area contributed by atoms with Crippen molar-refractivity contribution >= 4 is 11.4 Å². The lowest BCUT2D eigenvalue weighted by molar-refractivity contribution is 0.417. The van der Waals surface area contributed by atoms with Gasteiger partial charge < -0.3 is 16.2 Å². The highest BCUT2D eigenvalue weighted by Gasteiger charge is 2.10. The molecule has 17 heavy (non-hydrogen) atoms. The van der Waals surface area contributed by atoms with Crippen LogP contribution in [-0.4, -0.2) is 7.11 Å². The lowest BCUT2D eigenvalue weighted by Gasteiger charge is -2.13. The van der Waals surface area contributed by atoms with Gasteiger partial charge in [0.2, 0.25) is 0 Å². The van der Waals surface area contributed by atoms with E-state index in [0.29, 0.717) is 11.4 Å². The van der Waals surface area contributed by atoms with E-state index in [1.807, 2.05) is 43.3 Å². The number of aryl methyl sites for hydroxylation is 1. The fraction of sp³-hybridized carbons (Fsp3) is 0.143. The van der Waals surface area contributed by atoms with Crippen LogP contribution in [0.25, 0.3) is 11.1 Å². The molecule has 0 saturated heterocycles. The Hall–Kier alpha value is -2.16. The number of anilines is 2. The summed E-state index contributed by atoms with van der Waals surface area (Å²) < 4.78 is 5.21. The third-order valence-corrected chi connectivity index (χ3v) is 2.90. The molecule has 2 aromatic rings. The molecule has 0 aliphatic carbocycles. The Balaban J connectivity index is 2.65. The maximum absolute atomic E-state index is 6.08. The van der Waals surface area contributed by atoms with E-state index in [-0.39, 0.29) is 0 Å². The Morgan fingerprint density at radius 1 is 0.882 bits per heavy atom. The highest BCUT2D eigenvalue weighted by molar-refractivity contribution is 5.87. The van der Waals surface area contributed by atoms with E-state index in [1.165, 1.54) is 0 Å². The summed E-state index contributed by atoms with van der Waals surface area (Å²) in [5.41, 5.74) is 16.4. The third kappa shape index (κ3) is 1.91.